The quantitative estimate of drug-likeness (QED) is 0.326. The molecule has 26 heavy (non-hydrogen) atoms. The van der Waals surface area contributed by atoms with Crippen molar-refractivity contribution in [3.8, 4) is 11.1 Å². The first-order chi connectivity index (χ1) is 12.9. The zero-order chi connectivity index (χ0) is 17.6. The lowest BCUT2D eigenvalue weighted by Crippen LogP contribution is -1.77. The second kappa shape index (κ2) is 8.07. The van der Waals surface area contributed by atoms with Crippen LogP contribution in [0.25, 0.3) is 11.1 Å². The van der Waals surface area contributed by atoms with Gasteiger partial charge in [0.15, 0.2) is 0 Å². The van der Waals surface area contributed by atoms with E-state index in [1.165, 1.54) is 32.0 Å². The Balaban J connectivity index is 0.000000129. The highest BCUT2D eigenvalue weighted by Gasteiger charge is 2.15. The van der Waals surface area contributed by atoms with Crippen LogP contribution in [0.15, 0.2) is 119 Å². The fourth-order valence-electron chi connectivity index (χ4n) is 3.19. The van der Waals surface area contributed by atoms with Gasteiger partial charge in [0, 0.05) is 9.79 Å². The van der Waals surface area contributed by atoms with E-state index >= 15 is 0 Å². The Kier molecular flexibility index (Phi) is 5.18. The van der Waals surface area contributed by atoms with Crippen LogP contribution in [0, 0.1) is 0 Å². The van der Waals surface area contributed by atoms with Gasteiger partial charge in [0.05, 0.1) is 0 Å². The summed E-state index contributed by atoms with van der Waals surface area (Å²) in [7, 11) is 0. The van der Waals surface area contributed by atoms with Crippen molar-refractivity contribution < 1.29 is 0 Å². The Hall–Kier alpha value is -2.77. The van der Waals surface area contributed by atoms with Crippen molar-refractivity contribution in [3.05, 3.63) is 120 Å². The van der Waals surface area contributed by atoms with Crippen molar-refractivity contribution in [2.45, 2.75) is 16.2 Å². The zero-order valence-corrected chi connectivity index (χ0v) is 15.3. The van der Waals surface area contributed by atoms with Crippen LogP contribution in [0.5, 0.6) is 0 Å². The largest absolute Gasteiger partial charge is 0.0901 e. The van der Waals surface area contributed by atoms with Crippen LogP contribution in [-0.2, 0) is 6.42 Å². The van der Waals surface area contributed by atoms with Crippen LogP contribution in [-0.4, -0.2) is 0 Å². The normalized spacial score (nSPS) is 11.1. The second-order valence-corrected chi connectivity index (χ2v) is 7.37. The van der Waals surface area contributed by atoms with Gasteiger partial charge >= 0.3 is 0 Å². The third-order valence-corrected chi connectivity index (χ3v) is 5.44. The Morgan fingerprint density at radius 3 is 1.27 bits per heavy atom. The Morgan fingerprint density at radius 1 is 0.423 bits per heavy atom. The SMILES string of the molecule is c1ccc(Sc2ccccc2)cc1.c1ccc2c(c1)Cc1ccccc1-2. The van der Waals surface area contributed by atoms with E-state index in [0.717, 1.165) is 6.42 Å². The van der Waals surface area contributed by atoms with Crippen LogP contribution in [0.3, 0.4) is 0 Å². The van der Waals surface area contributed by atoms with E-state index in [-0.39, 0.29) is 0 Å². The molecule has 126 valence electrons. The van der Waals surface area contributed by atoms with E-state index in [0.29, 0.717) is 0 Å². The molecular weight excluding hydrogens is 332 g/mol. The molecule has 1 heteroatoms. The minimum atomic E-state index is 1.10. The molecule has 0 N–H and O–H groups in total. The average molecular weight is 353 g/mol. The first-order valence-electron chi connectivity index (χ1n) is 8.84. The zero-order valence-electron chi connectivity index (χ0n) is 14.5. The van der Waals surface area contributed by atoms with Gasteiger partial charge in [0.1, 0.15) is 0 Å². The molecule has 0 fully saturated rings. The van der Waals surface area contributed by atoms with Crippen molar-refractivity contribution in [3.63, 3.8) is 0 Å². The van der Waals surface area contributed by atoms with Gasteiger partial charge in [-0.05, 0) is 52.9 Å². The Labute approximate surface area is 159 Å². The van der Waals surface area contributed by atoms with Crippen molar-refractivity contribution >= 4 is 11.8 Å². The van der Waals surface area contributed by atoms with Gasteiger partial charge in [-0.25, -0.2) is 0 Å². The number of rotatable bonds is 2. The van der Waals surface area contributed by atoms with Gasteiger partial charge in [0.2, 0.25) is 0 Å². The van der Waals surface area contributed by atoms with E-state index < -0.39 is 0 Å². The van der Waals surface area contributed by atoms with Gasteiger partial charge < -0.3 is 0 Å². The molecule has 0 heterocycles. The summed E-state index contributed by atoms with van der Waals surface area (Å²) in [6.07, 6.45) is 1.10. The summed E-state index contributed by atoms with van der Waals surface area (Å²) in [4.78, 5) is 2.57. The van der Waals surface area contributed by atoms with Gasteiger partial charge in [-0.3, -0.25) is 0 Å². The van der Waals surface area contributed by atoms with Gasteiger partial charge in [-0.2, -0.15) is 0 Å². The molecule has 0 radical (unpaired) electrons. The summed E-state index contributed by atoms with van der Waals surface area (Å²) in [6, 6.07) is 38.1. The van der Waals surface area contributed by atoms with Crippen LogP contribution in [0.2, 0.25) is 0 Å². The molecule has 0 aliphatic heterocycles. The van der Waals surface area contributed by atoms with E-state index in [1.807, 2.05) is 12.1 Å². The fraction of sp³-hybridized carbons (Fsp3) is 0.0400. The van der Waals surface area contributed by atoms with E-state index in [1.54, 1.807) is 11.8 Å². The molecule has 0 aromatic heterocycles. The number of fused-ring (bicyclic) bond motifs is 3. The lowest BCUT2D eigenvalue weighted by Gasteiger charge is -1.99. The van der Waals surface area contributed by atoms with Gasteiger partial charge in [-0.1, -0.05) is 96.7 Å². The lowest BCUT2D eigenvalue weighted by atomic mass is 10.1. The van der Waals surface area contributed by atoms with Crippen LogP contribution in [0.4, 0.5) is 0 Å². The predicted octanol–water partition coefficient (Wildman–Crippen LogP) is 7.10. The highest BCUT2D eigenvalue weighted by atomic mass is 32.2. The van der Waals surface area contributed by atoms with Crippen LogP contribution in [0.1, 0.15) is 11.1 Å². The topological polar surface area (TPSA) is 0 Å². The smallest absolute Gasteiger partial charge is 0.0122 e. The maximum atomic E-state index is 2.22. The van der Waals surface area contributed by atoms with Crippen molar-refractivity contribution in [2.75, 3.05) is 0 Å². The number of hydrogen-bond donors (Lipinski definition) is 0. The van der Waals surface area contributed by atoms with E-state index in [4.69, 9.17) is 0 Å². The standard InChI is InChI=1S/C13H10.C12H10S/c1-3-7-12-10(5-1)9-11-6-2-4-8-13(11)12;1-3-7-11(8-4-1)13-12-9-5-2-6-10-12/h1-8H,9H2;1-10H. The molecule has 1 aliphatic carbocycles. The van der Waals surface area contributed by atoms with Crippen molar-refractivity contribution in [1.29, 1.82) is 0 Å². The molecule has 1 aliphatic rings. The number of hydrogen-bond acceptors (Lipinski definition) is 1. The molecule has 4 aromatic rings. The molecule has 0 atom stereocenters. The minimum Gasteiger partial charge on any atom is -0.0901 e. The fourth-order valence-corrected chi connectivity index (χ4v) is 4.05. The molecule has 0 saturated carbocycles. The van der Waals surface area contributed by atoms with E-state index in [2.05, 4.69) is 97.1 Å². The minimum absolute atomic E-state index is 1.10. The summed E-state index contributed by atoms with van der Waals surface area (Å²) in [5.41, 5.74) is 5.75. The molecule has 0 spiro atoms. The third-order valence-electron chi connectivity index (χ3n) is 4.43. The number of benzene rings is 4. The average Bonchev–Trinajstić information content (AvgIpc) is 3.09. The van der Waals surface area contributed by atoms with Gasteiger partial charge in [-0.15, -0.1) is 0 Å². The van der Waals surface area contributed by atoms with Crippen LogP contribution >= 0.6 is 11.8 Å². The lowest BCUT2D eigenvalue weighted by molar-refractivity contribution is 1.26. The molecule has 0 unspecified atom stereocenters. The summed E-state index contributed by atoms with van der Waals surface area (Å²) in [6.45, 7) is 0. The molecular formula is C25H20S. The highest BCUT2D eigenvalue weighted by Crippen LogP contribution is 2.35. The van der Waals surface area contributed by atoms with Crippen molar-refractivity contribution in [2.24, 2.45) is 0 Å². The monoisotopic (exact) mass is 352 g/mol. The summed E-state index contributed by atoms with van der Waals surface area (Å²) >= 11 is 1.79. The molecule has 0 amide bonds. The summed E-state index contributed by atoms with van der Waals surface area (Å²) < 4.78 is 0. The molecule has 0 nitrogen and oxygen atoms in total. The molecule has 4 aromatic carbocycles. The first-order valence-corrected chi connectivity index (χ1v) is 9.66. The third kappa shape index (κ3) is 3.89. The second-order valence-electron chi connectivity index (χ2n) is 6.22. The van der Waals surface area contributed by atoms with Crippen LogP contribution < -0.4 is 0 Å². The predicted molar refractivity (Wildman–Crippen MR) is 112 cm³/mol. The highest BCUT2D eigenvalue weighted by molar-refractivity contribution is 7.99. The molecule has 5 rings (SSSR count). The van der Waals surface area contributed by atoms with Crippen molar-refractivity contribution in [1.82, 2.24) is 0 Å². The summed E-state index contributed by atoms with van der Waals surface area (Å²) in [5.74, 6) is 0. The van der Waals surface area contributed by atoms with Gasteiger partial charge in [0.25, 0.3) is 0 Å². The maximum absolute atomic E-state index is 2.22. The summed E-state index contributed by atoms with van der Waals surface area (Å²) in [5, 5.41) is 0. The molecule has 0 saturated heterocycles. The molecule has 0 bridgehead atoms. The Morgan fingerprint density at radius 2 is 0.808 bits per heavy atom. The van der Waals surface area contributed by atoms with E-state index in [9.17, 15) is 0 Å². The maximum Gasteiger partial charge on any atom is 0.0122 e. The first kappa shape index (κ1) is 16.7. The Bertz CT molecular complexity index is 894.